The molecule has 4 aromatic rings. The normalized spacial score (nSPS) is 15.6. The van der Waals surface area contributed by atoms with E-state index in [1.54, 1.807) is 16.9 Å². The van der Waals surface area contributed by atoms with Crippen LogP contribution in [-0.4, -0.2) is 58.7 Å². The van der Waals surface area contributed by atoms with Gasteiger partial charge in [0.25, 0.3) is 5.91 Å². The van der Waals surface area contributed by atoms with Gasteiger partial charge in [-0.25, -0.2) is 19.6 Å². The Hall–Kier alpha value is -4.15. The lowest BCUT2D eigenvalue weighted by atomic mass is 10.2. The molecule has 0 radical (unpaired) electrons. The van der Waals surface area contributed by atoms with Crippen LogP contribution in [0.25, 0.3) is 17.2 Å². The van der Waals surface area contributed by atoms with Gasteiger partial charge in [-0.1, -0.05) is 6.07 Å². The van der Waals surface area contributed by atoms with E-state index >= 15 is 0 Å². The zero-order valence-electron chi connectivity index (χ0n) is 20.4. The molecule has 5 heterocycles. The summed E-state index contributed by atoms with van der Waals surface area (Å²) in [4.78, 5) is 29.3. The minimum Gasteiger partial charge on any atom is -0.369 e. The standard InChI is InChI=1S/C25H28N10O/c1-16(2)35-24(30-31-32-35)18-6-5-7-23(28-18)29-25(36)19-12-21(22(13-26-19)33-10-3-4-11-33)34-14-20(27-15-34)17-8-9-17/h5-7,12-17H,3-4,8-11H2,1-2H3,(H,28,29,36). The highest BCUT2D eigenvalue weighted by Gasteiger charge is 2.27. The fourth-order valence-corrected chi connectivity index (χ4v) is 4.55. The molecule has 2 aliphatic rings. The van der Waals surface area contributed by atoms with Crippen LogP contribution in [0.15, 0.2) is 43.0 Å². The number of tetrazole rings is 1. The molecule has 1 saturated heterocycles. The van der Waals surface area contributed by atoms with E-state index in [4.69, 9.17) is 0 Å². The molecule has 1 saturated carbocycles. The Balaban J connectivity index is 1.29. The lowest BCUT2D eigenvalue weighted by molar-refractivity contribution is 0.102. The van der Waals surface area contributed by atoms with E-state index in [1.807, 2.05) is 42.9 Å². The van der Waals surface area contributed by atoms with E-state index < -0.39 is 0 Å². The monoisotopic (exact) mass is 484 g/mol. The maximum absolute atomic E-state index is 13.2. The van der Waals surface area contributed by atoms with Crippen LogP contribution in [0, 0.1) is 0 Å². The van der Waals surface area contributed by atoms with Gasteiger partial charge < -0.3 is 14.8 Å². The van der Waals surface area contributed by atoms with Gasteiger partial charge in [-0.2, -0.15) is 0 Å². The van der Waals surface area contributed by atoms with E-state index in [0.29, 0.717) is 28.9 Å². The zero-order chi connectivity index (χ0) is 24.6. The number of carbonyl (C=O) groups is 1. The number of aromatic nitrogens is 8. The van der Waals surface area contributed by atoms with E-state index in [9.17, 15) is 4.79 Å². The van der Waals surface area contributed by atoms with E-state index in [1.165, 1.54) is 12.8 Å². The Kier molecular flexibility index (Phi) is 5.67. The highest BCUT2D eigenvalue weighted by atomic mass is 16.1. The molecule has 11 heteroatoms. The first kappa shape index (κ1) is 22.3. The predicted octanol–water partition coefficient (Wildman–Crippen LogP) is 3.63. The fraction of sp³-hybridized carbons (Fsp3) is 0.400. The minimum atomic E-state index is -0.333. The van der Waals surface area contributed by atoms with Crippen molar-refractivity contribution in [1.29, 1.82) is 0 Å². The van der Waals surface area contributed by atoms with Crippen LogP contribution in [-0.2, 0) is 0 Å². The Bertz CT molecular complexity index is 1400. The molecule has 11 nitrogen and oxygen atoms in total. The predicted molar refractivity (Wildman–Crippen MR) is 134 cm³/mol. The molecule has 1 aliphatic heterocycles. The number of amides is 1. The van der Waals surface area contributed by atoms with Crippen LogP contribution >= 0.6 is 0 Å². The average molecular weight is 485 g/mol. The summed E-state index contributed by atoms with van der Waals surface area (Å²) in [6.07, 6.45) is 10.4. The molecule has 184 valence electrons. The van der Waals surface area contributed by atoms with Crippen molar-refractivity contribution in [3.63, 3.8) is 0 Å². The summed E-state index contributed by atoms with van der Waals surface area (Å²) >= 11 is 0. The minimum absolute atomic E-state index is 0.0791. The smallest absolute Gasteiger partial charge is 0.275 e. The van der Waals surface area contributed by atoms with Crippen molar-refractivity contribution in [3.05, 3.63) is 54.4 Å². The van der Waals surface area contributed by atoms with Crippen molar-refractivity contribution in [3.8, 4) is 17.2 Å². The van der Waals surface area contributed by atoms with Gasteiger partial charge in [-0.3, -0.25) is 4.79 Å². The highest BCUT2D eigenvalue weighted by molar-refractivity contribution is 6.03. The molecule has 0 spiro atoms. The second-order valence-electron chi connectivity index (χ2n) is 9.64. The molecule has 0 bridgehead atoms. The summed E-state index contributed by atoms with van der Waals surface area (Å²) in [5.74, 6) is 1.17. The SMILES string of the molecule is CC(C)n1nnnc1-c1cccc(NC(=O)c2cc(-n3cnc(C4CC4)c3)c(N3CCCC3)cn2)n1. The van der Waals surface area contributed by atoms with Crippen LogP contribution in [0.1, 0.15) is 67.7 Å². The summed E-state index contributed by atoms with van der Waals surface area (Å²) in [6.45, 7) is 5.96. The third-order valence-corrected chi connectivity index (χ3v) is 6.62. The molecule has 0 aromatic carbocycles. The molecular weight excluding hydrogens is 456 g/mol. The molecule has 2 fully saturated rings. The fourth-order valence-electron chi connectivity index (χ4n) is 4.55. The molecule has 4 aromatic heterocycles. The number of anilines is 2. The van der Waals surface area contributed by atoms with Gasteiger partial charge >= 0.3 is 0 Å². The lowest BCUT2D eigenvalue weighted by Gasteiger charge is -2.21. The summed E-state index contributed by atoms with van der Waals surface area (Å²) in [7, 11) is 0. The van der Waals surface area contributed by atoms with Crippen LogP contribution in [0.3, 0.4) is 0 Å². The van der Waals surface area contributed by atoms with Gasteiger partial charge in [0, 0.05) is 25.2 Å². The summed E-state index contributed by atoms with van der Waals surface area (Å²) < 4.78 is 3.71. The van der Waals surface area contributed by atoms with Crippen molar-refractivity contribution >= 4 is 17.4 Å². The summed E-state index contributed by atoms with van der Waals surface area (Å²) in [6, 6.07) is 7.29. The number of rotatable bonds is 7. The van der Waals surface area contributed by atoms with Gasteiger partial charge in [-0.15, -0.1) is 5.10 Å². The molecule has 1 aliphatic carbocycles. The Morgan fingerprint density at radius 2 is 1.94 bits per heavy atom. The van der Waals surface area contributed by atoms with Gasteiger partial charge in [0.1, 0.15) is 17.2 Å². The summed E-state index contributed by atoms with van der Waals surface area (Å²) in [5.41, 5.74) is 3.93. The van der Waals surface area contributed by atoms with Gasteiger partial charge in [-0.05, 0) is 68.2 Å². The highest BCUT2D eigenvalue weighted by Crippen LogP contribution is 2.39. The van der Waals surface area contributed by atoms with Crippen molar-refractivity contribution in [2.45, 2.75) is 51.5 Å². The largest absolute Gasteiger partial charge is 0.369 e. The molecule has 1 amide bonds. The molecule has 6 rings (SSSR count). The Morgan fingerprint density at radius 1 is 1.11 bits per heavy atom. The Morgan fingerprint density at radius 3 is 2.72 bits per heavy atom. The van der Waals surface area contributed by atoms with E-state index in [-0.39, 0.29) is 11.9 Å². The number of nitrogens with one attached hydrogen (secondary N) is 1. The molecule has 1 N–H and O–H groups in total. The van der Waals surface area contributed by atoms with Crippen LogP contribution in [0.5, 0.6) is 0 Å². The number of pyridine rings is 2. The number of hydrogen-bond acceptors (Lipinski definition) is 8. The number of nitrogens with zero attached hydrogens (tertiary/aromatic N) is 9. The van der Waals surface area contributed by atoms with Crippen LogP contribution in [0.4, 0.5) is 11.5 Å². The number of hydrogen-bond donors (Lipinski definition) is 1. The van der Waals surface area contributed by atoms with Crippen LogP contribution < -0.4 is 10.2 Å². The third-order valence-electron chi connectivity index (χ3n) is 6.62. The molecule has 0 unspecified atom stereocenters. The number of carbonyl (C=O) groups excluding carboxylic acids is 1. The second kappa shape index (κ2) is 9.14. The van der Waals surface area contributed by atoms with Crippen molar-refractivity contribution in [1.82, 2.24) is 39.7 Å². The molecular formula is C25H28N10O. The van der Waals surface area contributed by atoms with Crippen molar-refractivity contribution in [2.24, 2.45) is 0 Å². The van der Waals surface area contributed by atoms with Crippen molar-refractivity contribution < 1.29 is 4.79 Å². The van der Waals surface area contributed by atoms with E-state index in [2.05, 4.69) is 46.9 Å². The zero-order valence-corrected chi connectivity index (χ0v) is 20.4. The quantitative estimate of drug-likeness (QED) is 0.422. The third kappa shape index (κ3) is 4.32. The lowest BCUT2D eigenvalue weighted by Crippen LogP contribution is -2.21. The van der Waals surface area contributed by atoms with Crippen LogP contribution in [0.2, 0.25) is 0 Å². The maximum Gasteiger partial charge on any atom is 0.275 e. The topological polar surface area (TPSA) is 120 Å². The van der Waals surface area contributed by atoms with Gasteiger partial charge in [0.05, 0.1) is 35.6 Å². The summed E-state index contributed by atoms with van der Waals surface area (Å²) in [5, 5.41) is 14.8. The Labute approximate surface area is 208 Å². The molecule has 36 heavy (non-hydrogen) atoms. The second-order valence-corrected chi connectivity index (χ2v) is 9.64. The maximum atomic E-state index is 13.2. The first-order valence-electron chi connectivity index (χ1n) is 12.4. The average Bonchev–Trinajstić information content (AvgIpc) is 3.30. The number of imidazole rings is 1. The van der Waals surface area contributed by atoms with Crippen molar-refractivity contribution in [2.75, 3.05) is 23.3 Å². The molecule has 0 atom stereocenters. The first-order chi connectivity index (χ1) is 17.6. The van der Waals surface area contributed by atoms with Gasteiger partial charge in [0.15, 0.2) is 0 Å². The van der Waals surface area contributed by atoms with E-state index in [0.717, 1.165) is 43.0 Å². The first-order valence-corrected chi connectivity index (χ1v) is 12.4. The van der Waals surface area contributed by atoms with Gasteiger partial charge in [0.2, 0.25) is 5.82 Å².